The van der Waals surface area contributed by atoms with E-state index in [2.05, 4.69) is 15.9 Å². The molecule has 19 heavy (non-hydrogen) atoms. The lowest BCUT2D eigenvalue weighted by Gasteiger charge is -2.21. The summed E-state index contributed by atoms with van der Waals surface area (Å²) in [6, 6.07) is 6.56. The molecule has 0 spiro atoms. The second-order valence-corrected chi connectivity index (χ2v) is 6.70. The van der Waals surface area contributed by atoms with Gasteiger partial charge in [-0.1, -0.05) is 15.9 Å². The van der Waals surface area contributed by atoms with E-state index >= 15 is 0 Å². The van der Waals surface area contributed by atoms with Crippen molar-refractivity contribution in [1.82, 2.24) is 4.31 Å². The van der Waals surface area contributed by atoms with Crippen molar-refractivity contribution in [2.75, 3.05) is 40.5 Å². The Morgan fingerprint density at radius 3 is 1.95 bits per heavy atom. The van der Waals surface area contributed by atoms with Crippen LogP contribution in [0.3, 0.4) is 0 Å². The molecule has 0 unspecified atom stereocenters. The summed E-state index contributed by atoms with van der Waals surface area (Å²) in [5.41, 5.74) is 0. The van der Waals surface area contributed by atoms with Crippen LogP contribution in [0.2, 0.25) is 0 Å². The highest BCUT2D eigenvalue weighted by atomic mass is 79.9. The second kappa shape index (κ2) is 7.96. The molecule has 0 aliphatic heterocycles. The summed E-state index contributed by atoms with van der Waals surface area (Å²) in [7, 11) is -0.425. The van der Waals surface area contributed by atoms with Crippen molar-refractivity contribution < 1.29 is 17.9 Å². The molecule has 108 valence electrons. The molecule has 0 heterocycles. The van der Waals surface area contributed by atoms with Gasteiger partial charge in [0.1, 0.15) is 0 Å². The molecule has 0 aliphatic rings. The molecule has 1 rings (SSSR count). The Morgan fingerprint density at radius 2 is 1.53 bits per heavy atom. The van der Waals surface area contributed by atoms with Crippen molar-refractivity contribution in [1.29, 1.82) is 0 Å². The van der Waals surface area contributed by atoms with Crippen LogP contribution >= 0.6 is 15.9 Å². The average Bonchev–Trinajstić information content (AvgIpc) is 2.39. The van der Waals surface area contributed by atoms with Crippen LogP contribution in [0.4, 0.5) is 0 Å². The SMILES string of the molecule is COCCN(CCOC)S(=O)(=O)c1ccc(Br)cc1. The highest BCUT2D eigenvalue weighted by Gasteiger charge is 2.23. The molecule has 1 aromatic carbocycles. The van der Waals surface area contributed by atoms with Crippen molar-refractivity contribution >= 4 is 26.0 Å². The number of hydrogen-bond donors (Lipinski definition) is 0. The van der Waals surface area contributed by atoms with Crippen molar-refractivity contribution in [3.05, 3.63) is 28.7 Å². The van der Waals surface area contributed by atoms with Gasteiger partial charge in [-0.25, -0.2) is 8.42 Å². The summed E-state index contributed by atoms with van der Waals surface area (Å²) >= 11 is 3.28. The zero-order valence-corrected chi connectivity index (χ0v) is 13.4. The van der Waals surface area contributed by atoms with Crippen LogP contribution in [0, 0.1) is 0 Å². The van der Waals surface area contributed by atoms with E-state index in [0.717, 1.165) is 4.47 Å². The molecule has 1 aromatic rings. The number of methoxy groups -OCH3 is 2. The average molecular weight is 352 g/mol. The van der Waals surface area contributed by atoms with E-state index in [0.29, 0.717) is 26.3 Å². The topological polar surface area (TPSA) is 55.8 Å². The zero-order valence-electron chi connectivity index (χ0n) is 11.0. The maximum atomic E-state index is 12.5. The van der Waals surface area contributed by atoms with Gasteiger partial charge < -0.3 is 9.47 Å². The number of nitrogens with zero attached hydrogens (tertiary/aromatic N) is 1. The highest BCUT2D eigenvalue weighted by Crippen LogP contribution is 2.18. The van der Waals surface area contributed by atoms with Gasteiger partial charge in [-0.2, -0.15) is 4.31 Å². The van der Waals surface area contributed by atoms with E-state index in [1.54, 1.807) is 38.5 Å². The lowest BCUT2D eigenvalue weighted by Crippen LogP contribution is -2.36. The van der Waals surface area contributed by atoms with Gasteiger partial charge in [0.25, 0.3) is 0 Å². The van der Waals surface area contributed by atoms with Crippen LogP contribution in [0.1, 0.15) is 0 Å². The highest BCUT2D eigenvalue weighted by molar-refractivity contribution is 9.10. The van der Waals surface area contributed by atoms with Gasteiger partial charge in [-0.05, 0) is 24.3 Å². The summed E-state index contributed by atoms with van der Waals surface area (Å²) in [6.45, 7) is 1.30. The Bertz CT molecular complexity index is 467. The standard InChI is InChI=1S/C12H18BrNO4S/c1-17-9-7-14(8-10-18-2)19(15,16)12-5-3-11(13)4-6-12/h3-6H,7-10H2,1-2H3. The molecule has 0 atom stereocenters. The minimum absolute atomic E-state index is 0.267. The van der Waals surface area contributed by atoms with Gasteiger partial charge in [0, 0.05) is 31.8 Å². The normalized spacial score (nSPS) is 12.0. The summed E-state index contributed by atoms with van der Waals surface area (Å²) in [5, 5.41) is 0. The lowest BCUT2D eigenvalue weighted by atomic mass is 10.4. The number of ether oxygens (including phenoxy) is 2. The molecule has 0 aliphatic carbocycles. The number of sulfonamides is 1. The van der Waals surface area contributed by atoms with Crippen molar-refractivity contribution in [2.45, 2.75) is 4.90 Å². The van der Waals surface area contributed by atoms with E-state index in [1.807, 2.05) is 0 Å². The predicted octanol–water partition coefficient (Wildman–Crippen LogP) is 1.73. The number of rotatable bonds is 8. The van der Waals surface area contributed by atoms with Crippen LogP contribution < -0.4 is 0 Å². The van der Waals surface area contributed by atoms with Crippen molar-refractivity contribution in [3.63, 3.8) is 0 Å². The van der Waals surface area contributed by atoms with Crippen molar-refractivity contribution in [2.24, 2.45) is 0 Å². The fourth-order valence-electron chi connectivity index (χ4n) is 1.49. The maximum Gasteiger partial charge on any atom is 0.243 e. The molecule has 0 amide bonds. The van der Waals surface area contributed by atoms with E-state index in [9.17, 15) is 8.42 Å². The first kappa shape index (κ1) is 16.6. The summed E-state index contributed by atoms with van der Waals surface area (Å²) in [5.74, 6) is 0. The van der Waals surface area contributed by atoms with Gasteiger partial charge in [0.15, 0.2) is 0 Å². The molecule has 0 bridgehead atoms. The number of benzene rings is 1. The van der Waals surface area contributed by atoms with E-state index in [1.165, 1.54) is 4.31 Å². The first-order valence-electron chi connectivity index (χ1n) is 5.76. The molecular weight excluding hydrogens is 334 g/mol. The predicted molar refractivity (Wildman–Crippen MR) is 76.7 cm³/mol. The summed E-state index contributed by atoms with van der Waals surface area (Å²) in [4.78, 5) is 0.267. The van der Waals surface area contributed by atoms with Crippen LogP contribution in [0.5, 0.6) is 0 Å². The molecule has 0 saturated carbocycles. The molecular formula is C12H18BrNO4S. The van der Waals surface area contributed by atoms with Crippen molar-refractivity contribution in [3.8, 4) is 0 Å². The Balaban J connectivity index is 2.93. The third-order valence-electron chi connectivity index (χ3n) is 2.54. The maximum absolute atomic E-state index is 12.5. The molecule has 0 fully saturated rings. The van der Waals surface area contributed by atoms with Crippen LogP contribution in [0.25, 0.3) is 0 Å². The zero-order chi connectivity index (χ0) is 14.3. The third kappa shape index (κ3) is 4.85. The monoisotopic (exact) mass is 351 g/mol. The third-order valence-corrected chi connectivity index (χ3v) is 4.98. The Hall–Kier alpha value is -0.470. The van der Waals surface area contributed by atoms with Gasteiger partial charge >= 0.3 is 0 Å². The minimum Gasteiger partial charge on any atom is -0.383 e. The van der Waals surface area contributed by atoms with Gasteiger partial charge in [-0.3, -0.25) is 0 Å². The quantitative estimate of drug-likeness (QED) is 0.715. The molecule has 5 nitrogen and oxygen atoms in total. The Morgan fingerprint density at radius 1 is 1.05 bits per heavy atom. The lowest BCUT2D eigenvalue weighted by molar-refractivity contribution is 0.150. The smallest absolute Gasteiger partial charge is 0.243 e. The van der Waals surface area contributed by atoms with Gasteiger partial charge in [0.05, 0.1) is 18.1 Å². The minimum atomic E-state index is -3.51. The molecule has 0 saturated heterocycles. The Kier molecular flexibility index (Phi) is 6.95. The second-order valence-electron chi connectivity index (χ2n) is 3.84. The summed E-state index contributed by atoms with van der Waals surface area (Å²) in [6.07, 6.45) is 0. The first-order chi connectivity index (χ1) is 9.02. The number of halogens is 1. The number of hydrogen-bond acceptors (Lipinski definition) is 4. The fourth-order valence-corrected chi connectivity index (χ4v) is 3.17. The molecule has 0 aromatic heterocycles. The van der Waals surface area contributed by atoms with Crippen LogP contribution in [0.15, 0.2) is 33.6 Å². The Labute approximate surface area is 122 Å². The summed E-state index contributed by atoms with van der Waals surface area (Å²) < 4.78 is 37.0. The molecule has 7 heteroatoms. The fraction of sp³-hybridized carbons (Fsp3) is 0.500. The first-order valence-corrected chi connectivity index (χ1v) is 7.99. The van der Waals surface area contributed by atoms with Gasteiger partial charge in [0.2, 0.25) is 10.0 Å². The van der Waals surface area contributed by atoms with Crippen LogP contribution in [-0.4, -0.2) is 53.2 Å². The largest absolute Gasteiger partial charge is 0.383 e. The van der Waals surface area contributed by atoms with E-state index in [-0.39, 0.29) is 4.90 Å². The van der Waals surface area contributed by atoms with E-state index in [4.69, 9.17) is 9.47 Å². The van der Waals surface area contributed by atoms with E-state index < -0.39 is 10.0 Å². The molecule has 0 radical (unpaired) electrons. The van der Waals surface area contributed by atoms with Crippen LogP contribution in [-0.2, 0) is 19.5 Å². The van der Waals surface area contributed by atoms with Gasteiger partial charge in [-0.15, -0.1) is 0 Å². The molecule has 0 N–H and O–H groups in total.